The molecule has 1 aliphatic carbocycles. The van der Waals surface area contributed by atoms with Crippen LogP contribution in [-0.2, 0) is 19.1 Å². The van der Waals surface area contributed by atoms with Crippen LogP contribution < -0.4 is 0 Å². The molecule has 1 aliphatic rings. The van der Waals surface area contributed by atoms with Crippen LogP contribution in [0.25, 0.3) is 0 Å². The largest absolute Gasteiger partial charge is 0.466 e. The van der Waals surface area contributed by atoms with Crippen molar-refractivity contribution in [2.24, 2.45) is 11.8 Å². The molecule has 7 heteroatoms. The van der Waals surface area contributed by atoms with Gasteiger partial charge in [0.15, 0.2) is 0 Å². The summed E-state index contributed by atoms with van der Waals surface area (Å²) in [5, 5.41) is 21.1. The molecule has 0 amide bonds. The Hall–Kier alpha value is -1.57. The minimum atomic E-state index is -0.683. The highest BCUT2D eigenvalue weighted by Gasteiger charge is 2.34. The topological polar surface area (TPSA) is 93.1 Å². The highest BCUT2D eigenvalue weighted by atomic mass is 32.2. The molecule has 0 fully saturated rings. The minimum Gasteiger partial charge on any atom is -0.466 e. The Morgan fingerprint density at radius 1 is 1.24 bits per heavy atom. The summed E-state index contributed by atoms with van der Waals surface area (Å²) >= 11 is 1.56. The lowest BCUT2D eigenvalue weighted by Crippen LogP contribution is -2.15. The lowest BCUT2D eigenvalue weighted by molar-refractivity contribution is -0.139. The van der Waals surface area contributed by atoms with Crippen molar-refractivity contribution >= 4 is 23.7 Å². The maximum absolute atomic E-state index is 12.1. The Morgan fingerprint density at radius 2 is 2.00 bits per heavy atom. The summed E-state index contributed by atoms with van der Waals surface area (Å²) in [5.41, 5.74) is 0. The minimum absolute atomic E-state index is 0.284. The molecule has 0 unspecified atom stereocenters. The Morgan fingerprint density at radius 3 is 2.67 bits per heavy atom. The van der Waals surface area contributed by atoms with Crippen LogP contribution in [0.4, 0.5) is 0 Å². The second-order valence-electron chi connectivity index (χ2n) is 8.66. The molecule has 0 saturated heterocycles. The highest BCUT2D eigenvalue weighted by molar-refractivity contribution is 8.03. The van der Waals surface area contributed by atoms with Crippen molar-refractivity contribution in [2.45, 2.75) is 90.8 Å². The summed E-state index contributed by atoms with van der Waals surface area (Å²) in [7, 11) is 1.35. The summed E-state index contributed by atoms with van der Waals surface area (Å²) in [6.07, 6.45) is 12.5. The molecule has 33 heavy (non-hydrogen) atoms. The molecular weight excluding hydrogens is 440 g/mol. The number of rotatable bonds is 16. The maximum Gasteiger partial charge on any atom is 0.330 e. The van der Waals surface area contributed by atoms with Gasteiger partial charge in [0.1, 0.15) is 5.76 Å². The molecule has 6 nitrogen and oxygen atoms in total. The number of unbranched alkanes of at least 4 members (excludes halogenated alkanes) is 2. The van der Waals surface area contributed by atoms with Gasteiger partial charge < -0.3 is 19.7 Å². The molecule has 0 aromatic heterocycles. The van der Waals surface area contributed by atoms with E-state index >= 15 is 0 Å². The van der Waals surface area contributed by atoms with Crippen LogP contribution in [0.2, 0.25) is 0 Å². The first kappa shape index (κ1) is 29.5. The van der Waals surface area contributed by atoms with E-state index in [9.17, 15) is 19.8 Å². The quantitative estimate of drug-likeness (QED) is 0.133. The van der Waals surface area contributed by atoms with Crippen LogP contribution in [0, 0.1) is 11.8 Å². The summed E-state index contributed by atoms with van der Waals surface area (Å²) in [6.45, 7) is 6.24. The Labute approximate surface area is 203 Å². The van der Waals surface area contributed by atoms with E-state index in [-0.39, 0.29) is 24.3 Å². The fraction of sp³-hybridized carbons (Fsp3) is 0.692. The lowest BCUT2D eigenvalue weighted by Gasteiger charge is -2.17. The smallest absolute Gasteiger partial charge is 0.330 e. The molecule has 2 N–H and O–H groups in total. The van der Waals surface area contributed by atoms with Gasteiger partial charge in [0.05, 0.1) is 19.3 Å². The average molecular weight is 483 g/mol. The zero-order valence-corrected chi connectivity index (χ0v) is 21.4. The molecule has 0 aromatic rings. The van der Waals surface area contributed by atoms with Crippen molar-refractivity contribution in [2.75, 3.05) is 12.9 Å². The number of methoxy groups -OCH3 is 1. The predicted octanol–water partition coefficient (Wildman–Crippen LogP) is 5.30. The number of aliphatic hydroxyl groups is 2. The van der Waals surface area contributed by atoms with Gasteiger partial charge in [-0.25, -0.2) is 4.79 Å². The third kappa shape index (κ3) is 11.9. The van der Waals surface area contributed by atoms with E-state index in [0.29, 0.717) is 30.9 Å². The fourth-order valence-electron chi connectivity index (χ4n) is 3.70. The van der Waals surface area contributed by atoms with E-state index < -0.39 is 12.2 Å². The zero-order chi connectivity index (χ0) is 24.6. The summed E-state index contributed by atoms with van der Waals surface area (Å²) in [4.78, 5) is 24.1. The van der Waals surface area contributed by atoms with Crippen molar-refractivity contribution in [3.63, 3.8) is 0 Å². The molecule has 0 bridgehead atoms. The standard InChI is InChI=1S/C26H42O6S/c1-5-7-12-19(3)17-20(27)14-15-21-22(28)18-23(32-25(30)11-6-2)26(21)33-16-10-8-9-13-24(29)31-4/h9,13-15,19-22,27-28H,5-8,10-12,16-18H2,1-4H3/b13-9+,15-14+/t19-,20-,21+,22-/m1/s1. The first-order chi connectivity index (χ1) is 15.8. The number of allylic oxidation sites excluding steroid dienone is 1. The Balaban J connectivity index is 2.80. The molecule has 0 radical (unpaired) electrons. The van der Waals surface area contributed by atoms with E-state index in [2.05, 4.69) is 18.6 Å². The first-order valence-electron chi connectivity index (χ1n) is 12.2. The van der Waals surface area contributed by atoms with Crippen molar-refractivity contribution in [1.82, 2.24) is 0 Å². The van der Waals surface area contributed by atoms with Crippen molar-refractivity contribution in [3.05, 3.63) is 35.0 Å². The molecule has 4 atom stereocenters. The highest BCUT2D eigenvalue weighted by Crippen LogP contribution is 2.41. The van der Waals surface area contributed by atoms with Gasteiger partial charge in [0, 0.05) is 29.7 Å². The number of aliphatic hydroxyl groups excluding tert-OH is 2. The second kappa shape index (κ2) is 17.0. The van der Waals surface area contributed by atoms with Crippen molar-refractivity contribution in [1.29, 1.82) is 0 Å². The van der Waals surface area contributed by atoms with Crippen molar-refractivity contribution < 1.29 is 29.3 Å². The van der Waals surface area contributed by atoms with Gasteiger partial charge in [-0.05, 0) is 37.4 Å². The summed E-state index contributed by atoms with van der Waals surface area (Å²) < 4.78 is 10.2. The van der Waals surface area contributed by atoms with Crippen LogP contribution >= 0.6 is 11.8 Å². The van der Waals surface area contributed by atoms with Gasteiger partial charge in [-0.2, -0.15) is 0 Å². The zero-order valence-electron chi connectivity index (χ0n) is 20.6. The molecule has 1 rings (SSSR count). The van der Waals surface area contributed by atoms with E-state index in [1.165, 1.54) is 13.2 Å². The molecule has 188 valence electrons. The fourth-order valence-corrected chi connectivity index (χ4v) is 4.94. The van der Waals surface area contributed by atoms with Crippen LogP contribution in [0.15, 0.2) is 35.0 Å². The van der Waals surface area contributed by atoms with E-state index in [4.69, 9.17) is 4.74 Å². The maximum atomic E-state index is 12.1. The molecule has 0 spiro atoms. The van der Waals surface area contributed by atoms with Gasteiger partial charge in [-0.1, -0.05) is 58.3 Å². The SMILES string of the molecule is CCCC[C@@H](C)C[C@H](O)/C=C/[C@@H]1C(SCCC/C=C/C(=O)OC)=C(OC(=O)CCC)C[C@H]1O. The monoisotopic (exact) mass is 482 g/mol. The van der Waals surface area contributed by atoms with E-state index in [1.54, 1.807) is 23.9 Å². The number of esters is 2. The number of hydrogen-bond acceptors (Lipinski definition) is 7. The van der Waals surface area contributed by atoms with E-state index in [0.717, 1.165) is 42.8 Å². The van der Waals surface area contributed by atoms with E-state index in [1.807, 2.05) is 13.0 Å². The third-order valence-corrected chi connectivity index (χ3v) is 6.84. The number of carbonyl (C=O) groups is 2. The molecular formula is C26H42O6S. The summed E-state index contributed by atoms with van der Waals surface area (Å²) in [6, 6.07) is 0. The summed E-state index contributed by atoms with van der Waals surface area (Å²) in [5.74, 6) is 0.771. The lowest BCUT2D eigenvalue weighted by atomic mass is 9.96. The van der Waals surface area contributed by atoms with Gasteiger partial charge in [-0.3, -0.25) is 4.79 Å². The van der Waals surface area contributed by atoms with Gasteiger partial charge in [0.25, 0.3) is 0 Å². The van der Waals surface area contributed by atoms with Gasteiger partial charge in [0.2, 0.25) is 0 Å². The van der Waals surface area contributed by atoms with Gasteiger partial charge in [-0.15, -0.1) is 11.8 Å². The predicted molar refractivity (Wildman–Crippen MR) is 133 cm³/mol. The van der Waals surface area contributed by atoms with Crippen molar-refractivity contribution in [3.8, 4) is 0 Å². The number of thioether (sulfide) groups is 1. The normalized spacial score (nSPS) is 20.5. The van der Waals surface area contributed by atoms with Gasteiger partial charge >= 0.3 is 11.9 Å². The Bertz CT molecular complexity index is 684. The third-order valence-electron chi connectivity index (χ3n) is 5.54. The van der Waals surface area contributed by atoms with Crippen LogP contribution in [0.1, 0.15) is 78.6 Å². The van der Waals surface area contributed by atoms with Crippen LogP contribution in [0.5, 0.6) is 0 Å². The molecule has 0 aromatic carbocycles. The number of carbonyl (C=O) groups excluding carboxylic acids is 2. The molecule has 0 aliphatic heterocycles. The Kier molecular flexibility index (Phi) is 15.1. The molecule has 0 saturated carbocycles. The van der Waals surface area contributed by atoms with Crippen LogP contribution in [0.3, 0.4) is 0 Å². The van der Waals surface area contributed by atoms with Crippen LogP contribution in [-0.4, -0.2) is 47.2 Å². The second-order valence-corrected chi connectivity index (χ2v) is 9.80. The number of hydrogen-bond donors (Lipinski definition) is 2. The molecule has 0 heterocycles. The average Bonchev–Trinajstić information content (AvgIpc) is 3.06. The number of ether oxygens (including phenoxy) is 2. The first-order valence-corrected chi connectivity index (χ1v) is 13.2.